The Morgan fingerprint density at radius 1 is 1.17 bits per heavy atom. The Morgan fingerprint density at radius 2 is 2.00 bits per heavy atom. The number of hydrogen-bond donors (Lipinski definition) is 2. The van der Waals surface area contributed by atoms with Gasteiger partial charge in [0, 0.05) is 11.6 Å². The monoisotopic (exact) mass is 325 g/mol. The summed E-state index contributed by atoms with van der Waals surface area (Å²) in [5, 5.41) is 5.99. The first-order chi connectivity index (χ1) is 11.7. The molecule has 6 nitrogen and oxygen atoms in total. The molecule has 24 heavy (non-hydrogen) atoms. The number of nitrogens with zero attached hydrogens (tertiary/aromatic N) is 1. The van der Waals surface area contributed by atoms with E-state index in [1.165, 1.54) is 7.11 Å². The van der Waals surface area contributed by atoms with E-state index in [9.17, 15) is 9.59 Å². The number of methoxy groups -OCH3 is 1. The summed E-state index contributed by atoms with van der Waals surface area (Å²) in [6.07, 6.45) is 4.68. The summed E-state index contributed by atoms with van der Waals surface area (Å²) >= 11 is 0. The number of hydrogen-bond acceptors (Lipinski definition) is 5. The van der Waals surface area contributed by atoms with Gasteiger partial charge in [-0.25, -0.2) is 9.78 Å². The Bertz CT molecular complexity index is 739. The summed E-state index contributed by atoms with van der Waals surface area (Å²) in [5.74, 6) is 0.331. The molecule has 1 aliphatic rings. The SMILES string of the molecule is COC(=O)c1cccc(Nc2ccc(NC(=O)C3CCC3)nc2)c1. The topological polar surface area (TPSA) is 80.3 Å². The van der Waals surface area contributed by atoms with Crippen molar-refractivity contribution in [2.45, 2.75) is 19.3 Å². The van der Waals surface area contributed by atoms with Crippen LogP contribution < -0.4 is 10.6 Å². The molecule has 1 aliphatic carbocycles. The van der Waals surface area contributed by atoms with Crippen LogP contribution in [0.4, 0.5) is 17.2 Å². The Morgan fingerprint density at radius 3 is 2.62 bits per heavy atom. The zero-order valence-corrected chi connectivity index (χ0v) is 13.4. The quantitative estimate of drug-likeness (QED) is 0.824. The molecule has 2 N–H and O–H groups in total. The molecule has 1 aromatic heterocycles. The number of ether oxygens (including phenoxy) is 1. The minimum absolute atomic E-state index is 0.0419. The third-order valence-corrected chi connectivity index (χ3v) is 4.06. The summed E-state index contributed by atoms with van der Waals surface area (Å²) in [4.78, 5) is 27.7. The van der Waals surface area contributed by atoms with Crippen LogP contribution >= 0.6 is 0 Å². The van der Waals surface area contributed by atoms with Crippen LogP contribution in [0.25, 0.3) is 0 Å². The second-order valence-corrected chi connectivity index (χ2v) is 5.75. The van der Waals surface area contributed by atoms with Crippen LogP contribution in [0.5, 0.6) is 0 Å². The van der Waals surface area contributed by atoms with Crippen LogP contribution in [0.2, 0.25) is 0 Å². The molecule has 0 bridgehead atoms. The molecule has 0 atom stereocenters. The fourth-order valence-electron chi connectivity index (χ4n) is 2.45. The lowest BCUT2D eigenvalue weighted by Gasteiger charge is -2.23. The number of amides is 1. The summed E-state index contributed by atoms with van der Waals surface area (Å²) in [6, 6.07) is 10.6. The van der Waals surface area contributed by atoms with E-state index in [4.69, 9.17) is 4.74 Å². The van der Waals surface area contributed by atoms with Crippen molar-refractivity contribution in [3.63, 3.8) is 0 Å². The van der Waals surface area contributed by atoms with E-state index in [1.807, 2.05) is 12.1 Å². The Kier molecular flexibility index (Phi) is 4.74. The second kappa shape index (κ2) is 7.12. The van der Waals surface area contributed by atoms with Crippen LogP contribution in [0.3, 0.4) is 0 Å². The van der Waals surface area contributed by atoms with Crippen molar-refractivity contribution in [1.82, 2.24) is 4.98 Å². The molecular formula is C18H19N3O3. The van der Waals surface area contributed by atoms with Gasteiger partial charge in [-0.15, -0.1) is 0 Å². The average Bonchev–Trinajstić information content (AvgIpc) is 2.54. The number of rotatable bonds is 5. The average molecular weight is 325 g/mol. The molecule has 6 heteroatoms. The van der Waals surface area contributed by atoms with Crippen LogP contribution in [-0.2, 0) is 9.53 Å². The van der Waals surface area contributed by atoms with Gasteiger partial charge in [-0.2, -0.15) is 0 Å². The Labute approximate surface area is 140 Å². The molecule has 1 fully saturated rings. The molecule has 3 rings (SSSR count). The predicted octanol–water partition coefficient (Wildman–Crippen LogP) is 3.35. The predicted molar refractivity (Wildman–Crippen MR) is 91.3 cm³/mol. The lowest BCUT2D eigenvalue weighted by molar-refractivity contribution is -0.122. The number of aromatic nitrogens is 1. The minimum atomic E-state index is -0.383. The highest BCUT2D eigenvalue weighted by Gasteiger charge is 2.25. The van der Waals surface area contributed by atoms with Gasteiger partial charge < -0.3 is 15.4 Å². The highest BCUT2D eigenvalue weighted by Crippen LogP contribution is 2.27. The molecule has 1 heterocycles. The highest BCUT2D eigenvalue weighted by molar-refractivity contribution is 5.92. The van der Waals surface area contributed by atoms with Gasteiger partial charge >= 0.3 is 5.97 Å². The molecule has 0 aliphatic heterocycles. The van der Waals surface area contributed by atoms with Crippen molar-refractivity contribution in [2.24, 2.45) is 5.92 Å². The molecule has 1 saturated carbocycles. The van der Waals surface area contributed by atoms with E-state index < -0.39 is 0 Å². The van der Waals surface area contributed by atoms with Crippen molar-refractivity contribution in [2.75, 3.05) is 17.7 Å². The van der Waals surface area contributed by atoms with E-state index in [-0.39, 0.29) is 17.8 Å². The van der Waals surface area contributed by atoms with Crippen LogP contribution in [0.15, 0.2) is 42.6 Å². The van der Waals surface area contributed by atoms with Gasteiger partial charge in [0.05, 0.1) is 24.6 Å². The zero-order valence-electron chi connectivity index (χ0n) is 13.4. The van der Waals surface area contributed by atoms with Gasteiger partial charge in [-0.1, -0.05) is 12.5 Å². The largest absolute Gasteiger partial charge is 0.465 e. The minimum Gasteiger partial charge on any atom is -0.465 e. The lowest BCUT2D eigenvalue weighted by Crippen LogP contribution is -2.28. The van der Waals surface area contributed by atoms with Crippen molar-refractivity contribution in [3.05, 3.63) is 48.2 Å². The van der Waals surface area contributed by atoms with Gasteiger partial charge in [0.15, 0.2) is 0 Å². The fraction of sp³-hybridized carbons (Fsp3) is 0.278. The molecule has 1 amide bonds. The normalized spacial score (nSPS) is 13.7. The summed E-state index contributed by atoms with van der Waals surface area (Å²) in [5.41, 5.74) is 1.99. The molecule has 0 unspecified atom stereocenters. The Balaban J connectivity index is 1.63. The second-order valence-electron chi connectivity index (χ2n) is 5.75. The van der Waals surface area contributed by atoms with Crippen LogP contribution in [-0.4, -0.2) is 24.0 Å². The number of anilines is 3. The molecule has 2 aromatic rings. The number of carbonyl (C=O) groups excluding carboxylic acids is 2. The van der Waals surface area contributed by atoms with Crippen LogP contribution in [0.1, 0.15) is 29.6 Å². The van der Waals surface area contributed by atoms with Crippen molar-refractivity contribution in [3.8, 4) is 0 Å². The first-order valence-corrected chi connectivity index (χ1v) is 7.88. The highest BCUT2D eigenvalue weighted by atomic mass is 16.5. The first-order valence-electron chi connectivity index (χ1n) is 7.88. The van der Waals surface area contributed by atoms with E-state index in [0.717, 1.165) is 30.6 Å². The van der Waals surface area contributed by atoms with E-state index >= 15 is 0 Å². The molecule has 0 saturated heterocycles. The zero-order chi connectivity index (χ0) is 16.9. The van der Waals surface area contributed by atoms with E-state index in [1.54, 1.807) is 30.5 Å². The van der Waals surface area contributed by atoms with Crippen LogP contribution in [0, 0.1) is 5.92 Å². The third kappa shape index (κ3) is 3.71. The van der Waals surface area contributed by atoms with Gasteiger partial charge in [0.25, 0.3) is 0 Å². The Hall–Kier alpha value is -2.89. The number of carbonyl (C=O) groups is 2. The smallest absolute Gasteiger partial charge is 0.337 e. The van der Waals surface area contributed by atoms with Crippen molar-refractivity contribution in [1.29, 1.82) is 0 Å². The van der Waals surface area contributed by atoms with Crippen molar-refractivity contribution < 1.29 is 14.3 Å². The fourth-order valence-corrected chi connectivity index (χ4v) is 2.45. The summed E-state index contributed by atoms with van der Waals surface area (Å²) < 4.78 is 4.71. The number of pyridine rings is 1. The van der Waals surface area contributed by atoms with Crippen molar-refractivity contribution >= 4 is 29.1 Å². The molecule has 0 radical (unpaired) electrons. The lowest BCUT2D eigenvalue weighted by atomic mass is 9.85. The maximum absolute atomic E-state index is 11.9. The van der Waals surface area contributed by atoms with Gasteiger partial charge in [-0.3, -0.25) is 4.79 Å². The van der Waals surface area contributed by atoms with Gasteiger partial charge in [-0.05, 0) is 43.2 Å². The van der Waals surface area contributed by atoms with E-state index in [2.05, 4.69) is 15.6 Å². The van der Waals surface area contributed by atoms with E-state index in [0.29, 0.717) is 11.4 Å². The molecule has 0 spiro atoms. The number of benzene rings is 1. The number of esters is 1. The first kappa shape index (κ1) is 16.0. The maximum atomic E-state index is 11.9. The third-order valence-electron chi connectivity index (χ3n) is 4.06. The standard InChI is InChI=1S/C18H19N3O3/c1-24-18(23)13-6-3-7-14(10-13)20-15-8-9-16(19-11-15)21-17(22)12-4-2-5-12/h3,6-12,20H,2,4-5H2,1H3,(H,19,21,22). The van der Waals surface area contributed by atoms with Gasteiger partial charge in [0.2, 0.25) is 5.91 Å². The molecule has 124 valence electrons. The maximum Gasteiger partial charge on any atom is 0.337 e. The summed E-state index contributed by atoms with van der Waals surface area (Å²) in [7, 11) is 1.35. The molecule has 1 aromatic carbocycles. The van der Waals surface area contributed by atoms with Gasteiger partial charge in [0.1, 0.15) is 5.82 Å². The molecular weight excluding hydrogens is 306 g/mol. The number of nitrogens with one attached hydrogen (secondary N) is 2. The summed E-state index contributed by atoms with van der Waals surface area (Å²) in [6.45, 7) is 0.